The topological polar surface area (TPSA) is 12.4 Å². The predicted octanol–water partition coefficient (Wildman–Crippen LogP) is 5.43. The van der Waals surface area contributed by atoms with Gasteiger partial charge in [0.25, 0.3) is 5.54 Å². The van der Waals surface area contributed by atoms with E-state index >= 15 is 0 Å². The highest BCUT2D eigenvalue weighted by Crippen LogP contribution is 2.56. The standard InChI is InChI=1S/C16H15F6N/c1-13(2,3)12-9-11(10-7-5-4-6-8-10)14(23-12,15(17,18)19)16(20,21)22/h4-9H,1-3H3. The van der Waals surface area contributed by atoms with Gasteiger partial charge in [-0.05, 0) is 11.6 Å². The minimum Gasteiger partial charge on any atom is -0.260 e. The molecule has 1 nitrogen and oxygen atoms in total. The highest BCUT2D eigenvalue weighted by molar-refractivity contribution is 6.10. The van der Waals surface area contributed by atoms with Gasteiger partial charge in [-0.2, -0.15) is 26.3 Å². The number of allylic oxidation sites excluding steroid dienone is 1. The van der Waals surface area contributed by atoms with Gasteiger partial charge in [-0.15, -0.1) is 0 Å². The number of rotatable bonds is 1. The van der Waals surface area contributed by atoms with Crippen LogP contribution in [0.4, 0.5) is 26.3 Å². The first-order chi connectivity index (χ1) is 10.3. The highest BCUT2D eigenvalue weighted by atomic mass is 19.4. The third-order valence-electron chi connectivity index (χ3n) is 3.63. The fraction of sp³-hybridized carbons (Fsp3) is 0.438. The van der Waals surface area contributed by atoms with Crippen molar-refractivity contribution in [3.8, 4) is 0 Å². The van der Waals surface area contributed by atoms with Crippen LogP contribution >= 0.6 is 0 Å². The van der Waals surface area contributed by atoms with Crippen molar-refractivity contribution in [2.24, 2.45) is 10.4 Å². The lowest BCUT2D eigenvalue weighted by Gasteiger charge is -2.34. The van der Waals surface area contributed by atoms with Gasteiger partial charge in [-0.1, -0.05) is 51.1 Å². The largest absolute Gasteiger partial charge is 0.426 e. The molecule has 2 rings (SSSR count). The first kappa shape index (κ1) is 17.6. The summed E-state index contributed by atoms with van der Waals surface area (Å²) in [6.07, 6.45) is -10.3. The Hall–Kier alpha value is -1.79. The molecule has 1 aromatic rings. The Morgan fingerprint density at radius 2 is 1.30 bits per heavy atom. The van der Waals surface area contributed by atoms with E-state index in [4.69, 9.17) is 0 Å². The zero-order chi connectivity index (χ0) is 17.7. The van der Waals surface area contributed by atoms with Crippen molar-refractivity contribution in [1.29, 1.82) is 0 Å². The smallest absolute Gasteiger partial charge is 0.260 e. The van der Waals surface area contributed by atoms with E-state index in [2.05, 4.69) is 4.99 Å². The Kier molecular flexibility index (Phi) is 3.90. The van der Waals surface area contributed by atoms with E-state index in [9.17, 15) is 26.3 Å². The average molecular weight is 335 g/mol. The zero-order valence-electron chi connectivity index (χ0n) is 12.7. The van der Waals surface area contributed by atoms with Crippen molar-refractivity contribution in [1.82, 2.24) is 0 Å². The maximum atomic E-state index is 13.5. The van der Waals surface area contributed by atoms with Gasteiger partial charge in [0.2, 0.25) is 0 Å². The van der Waals surface area contributed by atoms with Crippen molar-refractivity contribution >= 4 is 11.3 Å². The highest BCUT2D eigenvalue weighted by Gasteiger charge is 2.75. The molecule has 0 aromatic heterocycles. The van der Waals surface area contributed by atoms with E-state index in [-0.39, 0.29) is 11.3 Å². The molecule has 0 spiro atoms. The fourth-order valence-electron chi connectivity index (χ4n) is 2.40. The van der Waals surface area contributed by atoms with Gasteiger partial charge in [0.05, 0.1) is 0 Å². The number of benzene rings is 1. The lowest BCUT2D eigenvalue weighted by molar-refractivity contribution is -0.273. The van der Waals surface area contributed by atoms with Crippen LogP contribution in [0.2, 0.25) is 0 Å². The van der Waals surface area contributed by atoms with Gasteiger partial charge in [-0.3, -0.25) is 4.99 Å². The molecule has 7 heteroatoms. The van der Waals surface area contributed by atoms with Crippen LogP contribution in [0.5, 0.6) is 0 Å². The maximum Gasteiger partial charge on any atom is 0.426 e. The average Bonchev–Trinajstić information content (AvgIpc) is 2.80. The molecule has 0 aliphatic carbocycles. The zero-order valence-corrected chi connectivity index (χ0v) is 12.7. The molecule has 0 radical (unpaired) electrons. The normalized spacial score (nSPS) is 18.7. The van der Waals surface area contributed by atoms with Crippen LogP contribution in [0.25, 0.3) is 5.57 Å². The third-order valence-corrected chi connectivity index (χ3v) is 3.63. The second-order valence-electron chi connectivity index (χ2n) is 6.38. The summed E-state index contributed by atoms with van der Waals surface area (Å²) in [6.45, 7) is 4.56. The summed E-state index contributed by atoms with van der Waals surface area (Å²) in [4.78, 5) is 3.17. The van der Waals surface area contributed by atoms with E-state index in [1.165, 1.54) is 51.1 Å². The molecular weight excluding hydrogens is 320 g/mol. The molecule has 0 saturated heterocycles. The summed E-state index contributed by atoms with van der Waals surface area (Å²) in [5.74, 6) is 0. The van der Waals surface area contributed by atoms with E-state index < -0.39 is 28.9 Å². The fourth-order valence-corrected chi connectivity index (χ4v) is 2.40. The molecule has 0 amide bonds. The van der Waals surface area contributed by atoms with Crippen LogP contribution in [0, 0.1) is 5.41 Å². The first-order valence-electron chi connectivity index (χ1n) is 6.82. The van der Waals surface area contributed by atoms with Gasteiger partial charge < -0.3 is 0 Å². The molecule has 1 aliphatic heterocycles. The third kappa shape index (κ3) is 2.77. The summed E-state index contributed by atoms with van der Waals surface area (Å²) in [5.41, 5.74) is -6.44. The van der Waals surface area contributed by atoms with Crippen molar-refractivity contribution in [2.75, 3.05) is 0 Å². The minimum atomic E-state index is -5.60. The molecule has 0 atom stereocenters. The Balaban J connectivity index is 2.81. The van der Waals surface area contributed by atoms with Crippen molar-refractivity contribution in [2.45, 2.75) is 38.7 Å². The van der Waals surface area contributed by atoms with Crippen molar-refractivity contribution in [3.63, 3.8) is 0 Å². The SMILES string of the molecule is CC(C)(C)C1=NC(C(F)(F)F)(C(F)(F)F)C(c2ccccc2)=C1. The second kappa shape index (κ2) is 5.11. The van der Waals surface area contributed by atoms with E-state index in [0.29, 0.717) is 0 Å². The van der Waals surface area contributed by atoms with Crippen LogP contribution in [-0.4, -0.2) is 23.6 Å². The van der Waals surface area contributed by atoms with E-state index in [1.807, 2.05) is 0 Å². The molecule has 0 N–H and O–H groups in total. The summed E-state index contributed by atoms with van der Waals surface area (Å²) in [7, 11) is 0. The Morgan fingerprint density at radius 3 is 1.70 bits per heavy atom. The van der Waals surface area contributed by atoms with Gasteiger partial charge in [0.15, 0.2) is 0 Å². The number of nitrogens with zero attached hydrogens (tertiary/aromatic N) is 1. The number of hydrogen-bond donors (Lipinski definition) is 0. The van der Waals surface area contributed by atoms with Crippen LogP contribution in [0.1, 0.15) is 26.3 Å². The van der Waals surface area contributed by atoms with Crippen LogP contribution in [0.3, 0.4) is 0 Å². The molecular formula is C16H15F6N. The Labute approximate surface area is 129 Å². The van der Waals surface area contributed by atoms with E-state index in [1.54, 1.807) is 0 Å². The first-order valence-corrected chi connectivity index (χ1v) is 6.82. The number of alkyl halides is 6. The second-order valence-corrected chi connectivity index (χ2v) is 6.38. The molecule has 0 saturated carbocycles. The molecule has 1 aliphatic rings. The van der Waals surface area contributed by atoms with Crippen molar-refractivity contribution in [3.05, 3.63) is 42.0 Å². The van der Waals surface area contributed by atoms with Crippen LogP contribution in [0.15, 0.2) is 41.4 Å². The van der Waals surface area contributed by atoms with Gasteiger partial charge in [0, 0.05) is 16.7 Å². The van der Waals surface area contributed by atoms with Gasteiger partial charge in [0.1, 0.15) is 0 Å². The quantitative estimate of drug-likeness (QED) is 0.607. The number of halogens is 6. The molecule has 0 fully saturated rings. The monoisotopic (exact) mass is 335 g/mol. The van der Waals surface area contributed by atoms with Crippen LogP contribution < -0.4 is 0 Å². The van der Waals surface area contributed by atoms with Gasteiger partial charge in [-0.25, -0.2) is 0 Å². The Bertz CT molecular complexity index is 630. The number of aliphatic imine (C=N–C) groups is 1. The summed E-state index contributed by atoms with van der Waals surface area (Å²) in [5, 5.41) is 0. The summed E-state index contributed by atoms with van der Waals surface area (Å²) < 4.78 is 81.2. The minimum absolute atomic E-state index is 0.148. The molecule has 23 heavy (non-hydrogen) atoms. The lowest BCUT2D eigenvalue weighted by atomic mass is 9.84. The lowest BCUT2D eigenvalue weighted by Crippen LogP contribution is -2.55. The number of hydrogen-bond acceptors (Lipinski definition) is 1. The van der Waals surface area contributed by atoms with Crippen LogP contribution in [-0.2, 0) is 0 Å². The predicted molar refractivity (Wildman–Crippen MR) is 76.2 cm³/mol. The molecule has 1 aromatic carbocycles. The van der Waals surface area contributed by atoms with Crippen molar-refractivity contribution < 1.29 is 26.3 Å². The van der Waals surface area contributed by atoms with E-state index in [0.717, 1.165) is 6.08 Å². The molecule has 126 valence electrons. The Morgan fingerprint density at radius 1 is 0.826 bits per heavy atom. The maximum absolute atomic E-state index is 13.5. The molecule has 0 unspecified atom stereocenters. The molecule has 0 bridgehead atoms. The summed E-state index contributed by atoms with van der Waals surface area (Å²) in [6, 6.07) is 6.75. The summed E-state index contributed by atoms with van der Waals surface area (Å²) >= 11 is 0. The van der Waals surface area contributed by atoms with Gasteiger partial charge >= 0.3 is 12.4 Å². The molecule has 1 heterocycles.